The Labute approximate surface area is 415 Å². The number of hydrogen-bond acceptors (Lipinski definition) is 7. The van der Waals surface area contributed by atoms with Gasteiger partial charge in [-0.15, -0.1) is 0 Å². The van der Waals surface area contributed by atoms with E-state index in [1.54, 1.807) is 0 Å². The minimum absolute atomic E-state index is 0.0450. The van der Waals surface area contributed by atoms with E-state index in [2.05, 4.69) is 55.6 Å². The van der Waals surface area contributed by atoms with E-state index in [1.165, 1.54) is 193 Å². The number of nitrogens with zero attached hydrogens (tertiary/aromatic N) is 1. The number of likely N-dealkylation sites (N-methyl/N-ethyl adjacent to an activating group) is 1. The van der Waals surface area contributed by atoms with Crippen LogP contribution < -0.4 is 10.2 Å². The predicted molar refractivity (Wildman–Crippen MR) is 285 cm³/mol. The average molecular weight is 967 g/mol. The van der Waals surface area contributed by atoms with E-state index in [-0.39, 0.29) is 18.9 Å². The van der Waals surface area contributed by atoms with Gasteiger partial charge in [-0.2, -0.15) is 0 Å². The molecule has 0 aliphatic carbocycles. The molecule has 3 N–H and O–H groups in total. The fourth-order valence-corrected chi connectivity index (χ4v) is 9.13. The van der Waals surface area contributed by atoms with Crippen LogP contribution in [0.4, 0.5) is 0 Å². The third-order valence-corrected chi connectivity index (χ3v) is 13.9. The van der Waals surface area contributed by atoms with Gasteiger partial charge in [0, 0.05) is 6.42 Å². The lowest BCUT2D eigenvalue weighted by atomic mass is 10.0. The van der Waals surface area contributed by atoms with Crippen LogP contribution in [0.2, 0.25) is 0 Å². The molecular weight excluding hydrogens is 856 g/mol. The van der Waals surface area contributed by atoms with Crippen molar-refractivity contribution in [1.29, 1.82) is 0 Å². The molecule has 0 spiro atoms. The van der Waals surface area contributed by atoms with Crippen LogP contribution in [0, 0.1) is 0 Å². The fraction of sp³-hybridized carbons (Fsp3) is 0.877. The number of hydrogen-bond donors (Lipinski definition) is 3. The maximum absolute atomic E-state index is 13.0. The number of carbonyl (C=O) groups excluding carboxylic acids is 1. The molecule has 0 aromatic heterocycles. The van der Waals surface area contributed by atoms with Crippen LogP contribution in [-0.2, 0) is 18.4 Å². The van der Waals surface area contributed by atoms with Crippen LogP contribution in [0.15, 0.2) is 36.5 Å². The molecule has 396 valence electrons. The Kier molecular flexibility index (Phi) is 47.4. The van der Waals surface area contributed by atoms with Crippen molar-refractivity contribution in [2.24, 2.45) is 0 Å². The van der Waals surface area contributed by atoms with Gasteiger partial charge in [-0.3, -0.25) is 9.36 Å². The van der Waals surface area contributed by atoms with Gasteiger partial charge >= 0.3 is 0 Å². The molecule has 4 unspecified atom stereocenters. The minimum atomic E-state index is -4.68. The first-order valence-electron chi connectivity index (χ1n) is 28.4. The topological polar surface area (TPSA) is 128 Å². The van der Waals surface area contributed by atoms with Gasteiger partial charge in [0.05, 0.1) is 39.9 Å². The number of unbranched alkanes of at least 4 members (excludes halogenated alkanes) is 32. The molecular formula is C57H111N2O7P. The number of carbonyl (C=O) groups is 1. The monoisotopic (exact) mass is 967 g/mol. The summed E-state index contributed by atoms with van der Waals surface area (Å²) < 4.78 is 23.2. The highest BCUT2D eigenvalue weighted by molar-refractivity contribution is 7.45. The summed E-state index contributed by atoms with van der Waals surface area (Å²) in [5.41, 5.74) is 0. The van der Waals surface area contributed by atoms with Gasteiger partial charge in [0.25, 0.3) is 7.82 Å². The van der Waals surface area contributed by atoms with Gasteiger partial charge in [-0.1, -0.05) is 224 Å². The first-order valence-corrected chi connectivity index (χ1v) is 29.9. The minimum Gasteiger partial charge on any atom is -0.756 e. The smallest absolute Gasteiger partial charge is 0.268 e. The summed E-state index contributed by atoms with van der Waals surface area (Å²) in [5.74, 6) is -0.285. The quantitative estimate of drug-likeness (QED) is 0.0240. The lowest BCUT2D eigenvalue weighted by Crippen LogP contribution is -2.51. The molecule has 67 heavy (non-hydrogen) atoms. The number of phosphoric acid groups is 1. The summed E-state index contributed by atoms with van der Waals surface area (Å²) in [5, 5.41) is 24.7. The summed E-state index contributed by atoms with van der Waals surface area (Å²) in [4.78, 5) is 25.5. The molecule has 9 nitrogen and oxygen atoms in total. The predicted octanol–water partition coefficient (Wildman–Crippen LogP) is 15.3. The highest BCUT2D eigenvalue weighted by atomic mass is 31.2. The molecule has 0 aromatic rings. The first-order chi connectivity index (χ1) is 32.4. The van der Waals surface area contributed by atoms with Gasteiger partial charge in [-0.05, 0) is 70.6 Å². The fourth-order valence-electron chi connectivity index (χ4n) is 8.40. The number of phosphoric ester groups is 1. The van der Waals surface area contributed by atoms with E-state index in [4.69, 9.17) is 9.05 Å². The van der Waals surface area contributed by atoms with Gasteiger partial charge in [-0.25, -0.2) is 0 Å². The van der Waals surface area contributed by atoms with E-state index in [0.29, 0.717) is 30.3 Å². The van der Waals surface area contributed by atoms with Crippen LogP contribution >= 0.6 is 7.82 Å². The van der Waals surface area contributed by atoms with Gasteiger partial charge in [0.15, 0.2) is 0 Å². The molecule has 0 saturated heterocycles. The zero-order chi connectivity index (χ0) is 49.4. The second-order valence-electron chi connectivity index (χ2n) is 20.8. The molecule has 0 rings (SSSR count). The summed E-state index contributed by atoms with van der Waals surface area (Å²) in [6.45, 7) is 4.42. The number of allylic oxidation sites excluding steroid dienone is 6. The Morgan fingerprint density at radius 1 is 0.537 bits per heavy atom. The maximum atomic E-state index is 13.0. The van der Waals surface area contributed by atoms with Crippen molar-refractivity contribution >= 4 is 13.7 Å². The molecule has 0 heterocycles. The van der Waals surface area contributed by atoms with Crippen molar-refractivity contribution in [1.82, 2.24) is 5.32 Å². The SMILES string of the molecule is CCCCCCC/C=C\C/C=C\CCCCCCCCCCCCCCCCCCCCCC(=O)NC(COP(=O)([O-])OCC[N+](C)(C)C)C(O)C(O)CCC/C=C/CCCCCCCCC. The number of rotatable bonds is 52. The zero-order valence-electron chi connectivity index (χ0n) is 44.7. The van der Waals surface area contributed by atoms with Crippen LogP contribution in [-0.4, -0.2) is 79.8 Å². The lowest BCUT2D eigenvalue weighted by molar-refractivity contribution is -0.870. The van der Waals surface area contributed by atoms with Gasteiger partial charge in [0.1, 0.15) is 19.3 Å². The summed E-state index contributed by atoms with van der Waals surface area (Å²) in [6, 6.07) is -1.09. The largest absolute Gasteiger partial charge is 0.756 e. The number of amides is 1. The molecule has 1 amide bonds. The Morgan fingerprint density at radius 2 is 0.896 bits per heavy atom. The van der Waals surface area contributed by atoms with Crippen LogP contribution in [0.25, 0.3) is 0 Å². The van der Waals surface area contributed by atoms with Crippen LogP contribution in [0.1, 0.15) is 264 Å². The number of quaternary nitrogens is 1. The molecule has 0 saturated carbocycles. The molecule has 0 aliphatic heterocycles. The average Bonchev–Trinajstić information content (AvgIpc) is 3.29. The van der Waals surface area contributed by atoms with Crippen molar-refractivity contribution in [3.63, 3.8) is 0 Å². The van der Waals surface area contributed by atoms with Gasteiger partial charge < -0.3 is 34.0 Å². The van der Waals surface area contributed by atoms with Crippen molar-refractivity contribution in [2.45, 2.75) is 283 Å². The molecule has 0 bridgehead atoms. The molecule has 4 atom stereocenters. The molecule has 0 fully saturated rings. The van der Waals surface area contributed by atoms with Crippen molar-refractivity contribution in [3.8, 4) is 0 Å². The second kappa shape index (κ2) is 48.3. The van der Waals surface area contributed by atoms with E-state index in [1.807, 2.05) is 21.1 Å². The van der Waals surface area contributed by atoms with Crippen LogP contribution in [0.3, 0.4) is 0 Å². The highest BCUT2D eigenvalue weighted by Gasteiger charge is 2.29. The first kappa shape index (κ1) is 65.7. The van der Waals surface area contributed by atoms with Crippen molar-refractivity contribution in [3.05, 3.63) is 36.5 Å². The maximum Gasteiger partial charge on any atom is 0.268 e. The highest BCUT2D eigenvalue weighted by Crippen LogP contribution is 2.38. The van der Waals surface area contributed by atoms with E-state index < -0.39 is 32.7 Å². The van der Waals surface area contributed by atoms with Crippen molar-refractivity contribution < 1.29 is 38.0 Å². The zero-order valence-corrected chi connectivity index (χ0v) is 45.6. The molecule has 0 aromatic carbocycles. The molecule has 10 heteroatoms. The summed E-state index contributed by atoms with van der Waals surface area (Å²) in [7, 11) is 1.11. The van der Waals surface area contributed by atoms with E-state index >= 15 is 0 Å². The van der Waals surface area contributed by atoms with Gasteiger partial charge in [0.2, 0.25) is 5.91 Å². The third kappa shape index (κ3) is 49.5. The van der Waals surface area contributed by atoms with E-state index in [0.717, 1.165) is 32.1 Å². The second-order valence-corrected chi connectivity index (χ2v) is 22.2. The number of aliphatic hydroxyl groups is 2. The Bertz CT molecular complexity index is 1210. The molecule has 0 aliphatic rings. The lowest BCUT2D eigenvalue weighted by Gasteiger charge is -2.31. The molecule has 0 radical (unpaired) electrons. The van der Waals surface area contributed by atoms with Crippen molar-refractivity contribution in [2.75, 3.05) is 40.9 Å². The number of nitrogens with one attached hydrogen (secondary N) is 1. The Morgan fingerprint density at radius 3 is 1.30 bits per heavy atom. The standard InChI is InChI=1S/C57H111N2O7P/c1-6-8-10-12-14-16-18-20-21-22-23-24-25-26-27-28-29-30-31-32-33-34-35-36-37-38-40-42-44-46-48-50-56(61)58-54(53-66-67(63,64)65-52-51-59(3,4)5)57(62)55(60)49-47-45-43-41-39-19-17-15-13-11-9-7-2/h18,20,22-23,41,43,54-55,57,60,62H,6-17,19,21,24-40,42,44-53H2,1-5H3,(H-,58,61,63,64)/b20-18-,23-22-,43-41+. The van der Waals surface area contributed by atoms with E-state index in [9.17, 15) is 24.5 Å². The van der Waals surface area contributed by atoms with Crippen LogP contribution in [0.5, 0.6) is 0 Å². The normalized spacial score (nSPS) is 14.7. The third-order valence-electron chi connectivity index (χ3n) is 12.9. The number of aliphatic hydroxyl groups excluding tert-OH is 2. The summed E-state index contributed by atoms with van der Waals surface area (Å²) in [6.07, 6.45) is 57.9. The Balaban J connectivity index is 4.11. The Hall–Kier alpha value is -1.32. The summed E-state index contributed by atoms with van der Waals surface area (Å²) >= 11 is 0.